The molecule has 2 nitrogen and oxygen atoms in total. The van der Waals surface area contributed by atoms with Crippen LogP contribution in [0.5, 0.6) is 5.75 Å². The number of benzene rings is 1. The van der Waals surface area contributed by atoms with Gasteiger partial charge in [0.15, 0.2) is 5.75 Å². The van der Waals surface area contributed by atoms with E-state index in [-0.39, 0.29) is 5.75 Å². The van der Waals surface area contributed by atoms with Crippen LogP contribution in [0.15, 0.2) is 18.2 Å². The number of aromatic hydroxyl groups is 1. The molecule has 0 amide bonds. The van der Waals surface area contributed by atoms with E-state index < -0.39 is 0 Å². The molecule has 1 heterocycles. The molecular weight excluding hydrogens is 194 g/mol. The summed E-state index contributed by atoms with van der Waals surface area (Å²) in [6, 6.07) is 5.36. The predicted octanol–water partition coefficient (Wildman–Crippen LogP) is 2.84. The summed E-state index contributed by atoms with van der Waals surface area (Å²) in [5, 5.41) is 11.2. The van der Waals surface area contributed by atoms with Crippen LogP contribution in [0.4, 0.5) is 5.00 Å². The van der Waals surface area contributed by atoms with Gasteiger partial charge in [0, 0.05) is 5.39 Å². The van der Waals surface area contributed by atoms with E-state index >= 15 is 0 Å². The van der Waals surface area contributed by atoms with Crippen molar-refractivity contribution < 1.29 is 5.11 Å². The average molecular weight is 200 g/mol. The molecule has 4 heteroatoms. The molecule has 0 radical (unpaired) electrons. The lowest BCUT2D eigenvalue weighted by molar-refractivity contribution is 0.486. The first-order valence-electron chi connectivity index (χ1n) is 3.35. The van der Waals surface area contributed by atoms with Gasteiger partial charge in [-0.2, -0.15) is 0 Å². The molecule has 62 valence electrons. The third-order valence-electron chi connectivity index (χ3n) is 1.67. The average Bonchev–Trinajstić information content (AvgIpc) is 2.32. The highest BCUT2D eigenvalue weighted by Gasteiger charge is 2.09. The summed E-state index contributed by atoms with van der Waals surface area (Å²) in [7, 11) is 0. The van der Waals surface area contributed by atoms with Crippen molar-refractivity contribution >= 4 is 38.0 Å². The Morgan fingerprint density at radius 2 is 2.17 bits per heavy atom. The predicted molar refractivity (Wildman–Crippen MR) is 52.9 cm³/mol. The second-order valence-corrected chi connectivity index (χ2v) is 3.89. The van der Waals surface area contributed by atoms with Gasteiger partial charge in [-0.25, -0.2) is 0 Å². The minimum Gasteiger partial charge on any atom is -0.504 e. The van der Waals surface area contributed by atoms with Crippen LogP contribution >= 0.6 is 22.9 Å². The van der Waals surface area contributed by atoms with Gasteiger partial charge >= 0.3 is 0 Å². The normalized spacial score (nSPS) is 10.8. The van der Waals surface area contributed by atoms with Gasteiger partial charge in [0.25, 0.3) is 0 Å². The van der Waals surface area contributed by atoms with Gasteiger partial charge in [-0.3, -0.25) is 0 Å². The lowest BCUT2D eigenvalue weighted by Crippen LogP contribution is -1.75. The number of hydrogen-bond donors (Lipinski definition) is 2. The van der Waals surface area contributed by atoms with Crippen molar-refractivity contribution in [3.05, 3.63) is 23.2 Å². The first kappa shape index (κ1) is 7.71. The van der Waals surface area contributed by atoms with Crippen LogP contribution in [0.1, 0.15) is 0 Å². The van der Waals surface area contributed by atoms with E-state index in [9.17, 15) is 5.11 Å². The second kappa shape index (κ2) is 2.54. The molecule has 0 aliphatic heterocycles. The van der Waals surface area contributed by atoms with E-state index in [1.165, 1.54) is 11.3 Å². The summed E-state index contributed by atoms with van der Waals surface area (Å²) in [5.74, 6) is 0.137. The van der Waals surface area contributed by atoms with Crippen LogP contribution in [-0.2, 0) is 0 Å². The molecule has 12 heavy (non-hydrogen) atoms. The highest BCUT2D eigenvalue weighted by Crippen LogP contribution is 2.41. The van der Waals surface area contributed by atoms with Crippen molar-refractivity contribution in [1.82, 2.24) is 0 Å². The Morgan fingerprint density at radius 3 is 2.83 bits per heavy atom. The fourth-order valence-corrected chi connectivity index (χ4v) is 2.25. The highest BCUT2D eigenvalue weighted by atomic mass is 35.5. The number of hydrogen-bond acceptors (Lipinski definition) is 3. The maximum atomic E-state index is 9.45. The first-order chi connectivity index (χ1) is 5.70. The molecular formula is C8H6ClNOS. The number of nitrogen functional groups attached to an aromatic ring is 1. The summed E-state index contributed by atoms with van der Waals surface area (Å²) in [4.78, 5) is 0. The molecule has 0 fully saturated rings. The van der Waals surface area contributed by atoms with Gasteiger partial charge in [-0.1, -0.05) is 17.7 Å². The van der Waals surface area contributed by atoms with Crippen LogP contribution in [0.25, 0.3) is 10.1 Å². The minimum absolute atomic E-state index is 0.137. The van der Waals surface area contributed by atoms with E-state index in [0.717, 1.165) is 10.1 Å². The molecule has 0 unspecified atom stereocenters. The third-order valence-corrected chi connectivity index (χ3v) is 3.15. The number of halogens is 1. The molecule has 0 spiro atoms. The van der Waals surface area contributed by atoms with E-state index in [1.54, 1.807) is 18.2 Å². The second-order valence-electron chi connectivity index (χ2n) is 2.43. The fraction of sp³-hybridized carbons (Fsp3) is 0. The van der Waals surface area contributed by atoms with Crippen molar-refractivity contribution in [2.24, 2.45) is 0 Å². The lowest BCUT2D eigenvalue weighted by atomic mass is 10.2. The number of thiophene rings is 1. The molecule has 0 atom stereocenters. The SMILES string of the molecule is Nc1sc2c(Cl)cccc2c1O. The maximum absolute atomic E-state index is 9.45. The number of rotatable bonds is 0. The van der Waals surface area contributed by atoms with E-state index in [2.05, 4.69) is 0 Å². The van der Waals surface area contributed by atoms with Crippen LogP contribution in [-0.4, -0.2) is 5.11 Å². The van der Waals surface area contributed by atoms with Gasteiger partial charge in [-0.05, 0) is 12.1 Å². The van der Waals surface area contributed by atoms with Crippen LogP contribution < -0.4 is 5.73 Å². The molecule has 0 aliphatic rings. The summed E-state index contributed by atoms with van der Waals surface area (Å²) < 4.78 is 0.842. The summed E-state index contributed by atoms with van der Waals surface area (Å²) in [6.07, 6.45) is 0. The molecule has 2 aromatic rings. The number of anilines is 1. The van der Waals surface area contributed by atoms with Gasteiger partial charge in [0.2, 0.25) is 0 Å². The molecule has 1 aromatic heterocycles. The fourth-order valence-electron chi connectivity index (χ4n) is 1.09. The monoisotopic (exact) mass is 199 g/mol. The standard InChI is InChI=1S/C8H6ClNOS/c9-5-3-1-2-4-6(11)8(10)12-7(4)5/h1-3,11H,10H2. The summed E-state index contributed by atoms with van der Waals surface area (Å²) >= 11 is 7.19. The lowest BCUT2D eigenvalue weighted by Gasteiger charge is -1.91. The van der Waals surface area contributed by atoms with Crippen LogP contribution in [0, 0.1) is 0 Å². The topological polar surface area (TPSA) is 46.2 Å². The molecule has 0 aliphatic carbocycles. The zero-order valence-electron chi connectivity index (χ0n) is 6.04. The Balaban J connectivity index is 2.95. The van der Waals surface area contributed by atoms with Crippen molar-refractivity contribution in [2.75, 3.05) is 5.73 Å². The molecule has 1 aromatic carbocycles. The molecule has 0 saturated carbocycles. The van der Waals surface area contributed by atoms with E-state index in [4.69, 9.17) is 17.3 Å². The van der Waals surface area contributed by atoms with Gasteiger partial charge in [-0.15, -0.1) is 11.3 Å². The number of fused-ring (bicyclic) bond motifs is 1. The van der Waals surface area contributed by atoms with Crippen molar-refractivity contribution in [3.8, 4) is 5.75 Å². The smallest absolute Gasteiger partial charge is 0.157 e. The van der Waals surface area contributed by atoms with E-state index in [1.807, 2.05) is 0 Å². The molecule has 3 N–H and O–H groups in total. The van der Waals surface area contributed by atoms with Gasteiger partial charge in [0.05, 0.1) is 9.72 Å². The highest BCUT2D eigenvalue weighted by molar-refractivity contribution is 7.23. The molecule has 0 bridgehead atoms. The Labute approximate surface area is 78.2 Å². The Bertz CT molecular complexity index is 438. The Hall–Kier alpha value is -0.930. The molecule has 2 rings (SSSR count). The van der Waals surface area contributed by atoms with Crippen LogP contribution in [0.3, 0.4) is 0 Å². The largest absolute Gasteiger partial charge is 0.504 e. The zero-order chi connectivity index (χ0) is 8.72. The first-order valence-corrected chi connectivity index (χ1v) is 4.55. The van der Waals surface area contributed by atoms with E-state index in [0.29, 0.717) is 10.0 Å². The van der Waals surface area contributed by atoms with Crippen molar-refractivity contribution in [1.29, 1.82) is 0 Å². The zero-order valence-corrected chi connectivity index (χ0v) is 7.62. The minimum atomic E-state index is 0.137. The van der Waals surface area contributed by atoms with Crippen molar-refractivity contribution in [3.63, 3.8) is 0 Å². The summed E-state index contributed by atoms with van der Waals surface area (Å²) in [6.45, 7) is 0. The Morgan fingerprint density at radius 1 is 1.42 bits per heavy atom. The quantitative estimate of drug-likeness (QED) is 0.686. The number of nitrogens with two attached hydrogens (primary N) is 1. The van der Waals surface area contributed by atoms with Crippen molar-refractivity contribution in [2.45, 2.75) is 0 Å². The van der Waals surface area contributed by atoms with Gasteiger partial charge < -0.3 is 10.8 Å². The van der Waals surface area contributed by atoms with Crippen LogP contribution in [0.2, 0.25) is 5.02 Å². The molecule has 0 saturated heterocycles. The third kappa shape index (κ3) is 0.940. The summed E-state index contributed by atoms with van der Waals surface area (Å²) in [5.41, 5.74) is 5.53. The maximum Gasteiger partial charge on any atom is 0.157 e. The Kier molecular flexibility index (Phi) is 1.63. The van der Waals surface area contributed by atoms with Gasteiger partial charge in [0.1, 0.15) is 5.00 Å².